The summed E-state index contributed by atoms with van der Waals surface area (Å²) in [6.45, 7) is 2.00. The van der Waals surface area contributed by atoms with Crippen LogP contribution in [0.2, 0.25) is 0 Å². The van der Waals surface area contributed by atoms with Crippen molar-refractivity contribution in [2.45, 2.75) is 38.8 Å². The van der Waals surface area contributed by atoms with Crippen LogP contribution in [0.4, 0.5) is 5.69 Å². The molecule has 0 spiro atoms. The molecule has 1 aliphatic heterocycles. The Bertz CT molecular complexity index is 1070. The first kappa shape index (κ1) is 24.6. The predicted molar refractivity (Wildman–Crippen MR) is 127 cm³/mol. The monoisotopic (exact) mass is 473 g/mol. The lowest BCUT2D eigenvalue weighted by atomic mass is 10.1. The molecule has 2 amide bonds. The van der Waals surface area contributed by atoms with E-state index >= 15 is 0 Å². The third-order valence-electron chi connectivity index (χ3n) is 5.58. The number of carbonyl (C=O) groups is 2. The number of methoxy groups -OCH3 is 1. The van der Waals surface area contributed by atoms with E-state index in [1.54, 1.807) is 24.3 Å². The average molecular weight is 474 g/mol. The molecule has 3 rings (SSSR count). The van der Waals surface area contributed by atoms with E-state index in [0.29, 0.717) is 37.4 Å². The number of hydrogen-bond donors (Lipinski definition) is 1. The highest BCUT2D eigenvalue weighted by Gasteiger charge is 2.21. The molecular weight excluding hydrogens is 442 g/mol. The van der Waals surface area contributed by atoms with Crippen molar-refractivity contribution < 1.29 is 22.7 Å². The second-order valence-corrected chi connectivity index (χ2v) is 10.0. The molecule has 0 radical (unpaired) electrons. The summed E-state index contributed by atoms with van der Waals surface area (Å²) >= 11 is 0. The Morgan fingerprint density at radius 1 is 1.12 bits per heavy atom. The third-order valence-corrected chi connectivity index (χ3v) is 6.76. The molecule has 8 nitrogen and oxygen atoms in total. The van der Waals surface area contributed by atoms with Gasteiger partial charge in [0.25, 0.3) is 0 Å². The van der Waals surface area contributed by atoms with E-state index < -0.39 is 10.0 Å². The van der Waals surface area contributed by atoms with Crippen LogP contribution < -0.4 is 14.4 Å². The smallest absolute Gasteiger partial charge is 0.232 e. The second kappa shape index (κ2) is 11.2. The van der Waals surface area contributed by atoms with Gasteiger partial charge in [0.15, 0.2) is 0 Å². The van der Waals surface area contributed by atoms with E-state index in [-0.39, 0.29) is 24.8 Å². The van der Waals surface area contributed by atoms with Crippen molar-refractivity contribution in [3.63, 3.8) is 0 Å². The van der Waals surface area contributed by atoms with Gasteiger partial charge in [0.05, 0.1) is 19.1 Å². The van der Waals surface area contributed by atoms with Crippen LogP contribution in [0.1, 0.15) is 36.8 Å². The molecule has 178 valence electrons. The Balaban J connectivity index is 1.47. The molecular formula is C24H31N3O5S. The zero-order chi connectivity index (χ0) is 23.8. The van der Waals surface area contributed by atoms with Crippen molar-refractivity contribution >= 4 is 27.5 Å². The van der Waals surface area contributed by atoms with Crippen LogP contribution in [-0.4, -0.2) is 51.6 Å². The van der Waals surface area contributed by atoms with Crippen molar-refractivity contribution in [3.8, 4) is 5.75 Å². The van der Waals surface area contributed by atoms with E-state index in [0.717, 1.165) is 30.3 Å². The number of hydrogen-bond acceptors (Lipinski definition) is 5. The summed E-state index contributed by atoms with van der Waals surface area (Å²) in [5.74, 6) is 0.520. The molecule has 1 N–H and O–H groups in total. The predicted octanol–water partition coefficient (Wildman–Crippen LogP) is 2.68. The lowest BCUT2D eigenvalue weighted by Crippen LogP contribution is -2.32. The van der Waals surface area contributed by atoms with Crippen LogP contribution in [-0.2, 0) is 32.7 Å². The number of ether oxygens (including phenoxy) is 1. The van der Waals surface area contributed by atoms with Gasteiger partial charge in [-0.15, -0.1) is 0 Å². The minimum Gasteiger partial charge on any atom is -0.495 e. The number of benzene rings is 2. The van der Waals surface area contributed by atoms with Gasteiger partial charge in [-0.3, -0.25) is 13.9 Å². The number of likely N-dealkylation sites (tertiary alicyclic amines) is 1. The maximum Gasteiger partial charge on any atom is 0.232 e. The number of nitrogens with zero attached hydrogens (tertiary/aromatic N) is 2. The molecule has 1 saturated heterocycles. The number of amides is 2. The highest BCUT2D eigenvalue weighted by Crippen LogP contribution is 2.29. The zero-order valence-electron chi connectivity index (χ0n) is 19.1. The van der Waals surface area contributed by atoms with Gasteiger partial charge < -0.3 is 15.0 Å². The molecule has 0 aliphatic carbocycles. The number of para-hydroxylation sites is 2. The summed E-state index contributed by atoms with van der Waals surface area (Å²) in [5, 5.41) is 2.88. The Labute approximate surface area is 195 Å². The van der Waals surface area contributed by atoms with Gasteiger partial charge in [-0.05, 0) is 36.1 Å². The SMILES string of the molecule is COc1ccccc1N(CCCC(=O)NCc1ccc(CN2CCCC2=O)cc1)S(C)(=O)=O. The number of nitrogens with one attached hydrogen (secondary N) is 1. The van der Waals surface area contributed by atoms with E-state index in [1.165, 1.54) is 11.4 Å². The summed E-state index contributed by atoms with van der Waals surface area (Å²) < 4.78 is 31.1. The Morgan fingerprint density at radius 3 is 2.45 bits per heavy atom. The molecule has 33 heavy (non-hydrogen) atoms. The largest absolute Gasteiger partial charge is 0.495 e. The second-order valence-electron chi connectivity index (χ2n) is 8.12. The van der Waals surface area contributed by atoms with Crippen molar-refractivity contribution in [1.29, 1.82) is 0 Å². The van der Waals surface area contributed by atoms with E-state index in [9.17, 15) is 18.0 Å². The van der Waals surface area contributed by atoms with Crippen molar-refractivity contribution in [2.75, 3.05) is 30.8 Å². The summed E-state index contributed by atoms with van der Waals surface area (Å²) in [5.41, 5.74) is 2.49. The van der Waals surface area contributed by atoms with Crippen molar-refractivity contribution in [3.05, 3.63) is 59.7 Å². The number of sulfonamides is 1. The number of anilines is 1. The fraction of sp³-hybridized carbons (Fsp3) is 0.417. The van der Waals surface area contributed by atoms with Crippen molar-refractivity contribution in [1.82, 2.24) is 10.2 Å². The summed E-state index contributed by atoms with van der Waals surface area (Å²) in [6, 6.07) is 14.8. The first-order valence-corrected chi connectivity index (χ1v) is 12.9. The molecule has 1 aliphatic rings. The highest BCUT2D eigenvalue weighted by molar-refractivity contribution is 7.92. The van der Waals surface area contributed by atoms with Crippen LogP contribution in [0.3, 0.4) is 0 Å². The first-order valence-electron chi connectivity index (χ1n) is 11.0. The third kappa shape index (κ3) is 6.95. The maximum absolute atomic E-state index is 12.3. The molecule has 1 heterocycles. The van der Waals surface area contributed by atoms with Gasteiger partial charge in [0.1, 0.15) is 5.75 Å². The maximum atomic E-state index is 12.3. The van der Waals surface area contributed by atoms with Gasteiger partial charge in [0, 0.05) is 39.0 Å². The van der Waals surface area contributed by atoms with Crippen LogP contribution in [0.5, 0.6) is 5.75 Å². The van der Waals surface area contributed by atoms with Gasteiger partial charge in [-0.2, -0.15) is 0 Å². The quantitative estimate of drug-likeness (QED) is 0.541. The standard InChI is InChI=1S/C24H31N3O5S/c1-32-22-8-4-3-7-21(22)27(33(2,30)31)16-5-9-23(28)25-17-19-11-13-20(14-12-19)18-26-15-6-10-24(26)29/h3-4,7-8,11-14H,5-6,9-10,15-18H2,1-2H3,(H,25,28). The first-order chi connectivity index (χ1) is 15.8. The molecule has 0 atom stereocenters. The van der Waals surface area contributed by atoms with Gasteiger partial charge >= 0.3 is 0 Å². The zero-order valence-corrected chi connectivity index (χ0v) is 19.9. The van der Waals surface area contributed by atoms with Gasteiger partial charge in [0.2, 0.25) is 21.8 Å². The lowest BCUT2D eigenvalue weighted by Gasteiger charge is -2.24. The number of rotatable bonds is 11. The van der Waals surface area contributed by atoms with Crippen LogP contribution in [0.25, 0.3) is 0 Å². The Kier molecular flexibility index (Phi) is 8.32. The molecule has 1 fully saturated rings. The lowest BCUT2D eigenvalue weighted by molar-refractivity contribution is -0.128. The molecule has 0 bridgehead atoms. The topological polar surface area (TPSA) is 96.0 Å². The van der Waals surface area contributed by atoms with Crippen LogP contribution in [0, 0.1) is 0 Å². The van der Waals surface area contributed by atoms with E-state index in [4.69, 9.17) is 4.74 Å². The fourth-order valence-electron chi connectivity index (χ4n) is 3.83. The normalized spacial score (nSPS) is 13.8. The summed E-state index contributed by atoms with van der Waals surface area (Å²) in [7, 11) is -2.03. The minimum atomic E-state index is -3.52. The Hall–Kier alpha value is -3.07. The molecule has 0 unspecified atom stereocenters. The van der Waals surface area contributed by atoms with Crippen LogP contribution in [0.15, 0.2) is 48.5 Å². The minimum absolute atomic E-state index is 0.143. The molecule has 2 aromatic carbocycles. The molecule has 2 aromatic rings. The van der Waals surface area contributed by atoms with Crippen LogP contribution >= 0.6 is 0 Å². The number of carbonyl (C=O) groups excluding carboxylic acids is 2. The summed E-state index contributed by atoms with van der Waals surface area (Å²) in [6.07, 6.45) is 3.27. The Morgan fingerprint density at radius 2 is 1.82 bits per heavy atom. The molecule has 9 heteroatoms. The van der Waals surface area contributed by atoms with Gasteiger partial charge in [-0.25, -0.2) is 8.42 Å². The van der Waals surface area contributed by atoms with Gasteiger partial charge in [-0.1, -0.05) is 36.4 Å². The van der Waals surface area contributed by atoms with E-state index in [1.807, 2.05) is 29.2 Å². The highest BCUT2D eigenvalue weighted by atomic mass is 32.2. The van der Waals surface area contributed by atoms with Crippen molar-refractivity contribution in [2.24, 2.45) is 0 Å². The summed E-state index contributed by atoms with van der Waals surface area (Å²) in [4.78, 5) is 25.9. The fourth-order valence-corrected chi connectivity index (χ4v) is 4.80. The average Bonchev–Trinajstić information content (AvgIpc) is 3.19. The molecule has 0 aromatic heterocycles. The van der Waals surface area contributed by atoms with E-state index in [2.05, 4.69) is 5.32 Å². The molecule has 0 saturated carbocycles.